The molecule has 0 aliphatic carbocycles. The van der Waals surface area contributed by atoms with Crippen LogP contribution >= 0.6 is 23.1 Å². The molecule has 0 bridgehead atoms. The van der Waals surface area contributed by atoms with Crippen molar-refractivity contribution in [3.8, 4) is 0 Å². The topological polar surface area (TPSA) is 20.2 Å². The third-order valence-electron chi connectivity index (χ3n) is 2.73. The molecule has 2 aromatic rings. The summed E-state index contributed by atoms with van der Waals surface area (Å²) in [5, 5.41) is 9.04. The van der Waals surface area contributed by atoms with E-state index in [1.54, 1.807) is 23.1 Å². The van der Waals surface area contributed by atoms with Crippen LogP contribution in [-0.4, -0.2) is 5.11 Å². The second kappa shape index (κ2) is 5.47. The highest BCUT2D eigenvalue weighted by Crippen LogP contribution is 2.34. The first kappa shape index (κ1) is 13.7. The Balaban J connectivity index is 2.11. The Morgan fingerprint density at radius 2 is 1.72 bits per heavy atom. The van der Waals surface area contributed by atoms with Crippen molar-refractivity contribution in [2.24, 2.45) is 0 Å². The average molecular weight is 278 g/mol. The Morgan fingerprint density at radius 1 is 1.06 bits per heavy atom. The summed E-state index contributed by atoms with van der Waals surface area (Å²) in [4.78, 5) is 2.26. The van der Waals surface area contributed by atoms with Crippen LogP contribution in [0.4, 0.5) is 0 Å². The molecule has 0 spiro atoms. The van der Waals surface area contributed by atoms with Gasteiger partial charge in [0.15, 0.2) is 0 Å². The van der Waals surface area contributed by atoms with E-state index in [0.717, 1.165) is 4.88 Å². The summed E-state index contributed by atoms with van der Waals surface area (Å²) in [7, 11) is 0. The first-order valence-corrected chi connectivity index (χ1v) is 7.60. The maximum atomic E-state index is 9.04. The van der Waals surface area contributed by atoms with Crippen LogP contribution in [-0.2, 0) is 12.0 Å². The second-order valence-corrected chi connectivity index (χ2v) is 7.80. The van der Waals surface area contributed by atoms with E-state index >= 15 is 0 Å². The summed E-state index contributed by atoms with van der Waals surface area (Å²) in [6, 6.07) is 12.8. The smallest absolute Gasteiger partial charge is 0.0774 e. The van der Waals surface area contributed by atoms with Crippen molar-refractivity contribution in [1.82, 2.24) is 0 Å². The fourth-order valence-corrected chi connectivity index (χ4v) is 3.65. The van der Waals surface area contributed by atoms with Gasteiger partial charge in [0, 0.05) is 9.77 Å². The van der Waals surface area contributed by atoms with Crippen LogP contribution in [0.2, 0.25) is 0 Å². The van der Waals surface area contributed by atoms with Gasteiger partial charge >= 0.3 is 0 Å². The molecule has 0 saturated carbocycles. The minimum atomic E-state index is 0.133. The van der Waals surface area contributed by atoms with Crippen molar-refractivity contribution >= 4 is 23.1 Å². The Labute approximate surface area is 117 Å². The molecule has 3 heteroatoms. The average Bonchev–Trinajstić information content (AvgIpc) is 2.76. The summed E-state index contributed by atoms with van der Waals surface area (Å²) in [5.74, 6) is 0. The van der Waals surface area contributed by atoms with Gasteiger partial charge in [0.1, 0.15) is 0 Å². The second-order valence-electron chi connectivity index (χ2n) is 5.26. The quantitative estimate of drug-likeness (QED) is 0.879. The van der Waals surface area contributed by atoms with E-state index in [0.29, 0.717) is 0 Å². The van der Waals surface area contributed by atoms with E-state index < -0.39 is 0 Å². The van der Waals surface area contributed by atoms with E-state index in [1.165, 1.54) is 14.7 Å². The van der Waals surface area contributed by atoms with Crippen molar-refractivity contribution in [3.63, 3.8) is 0 Å². The maximum Gasteiger partial charge on any atom is 0.0774 e. The minimum Gasteiger partial charge on any atom is -0.391 e. The fraction of sp³-hybridized carbons (Fsp3) is 0.333. The SMILES string of the molecule is CC(C)(C)c1ccc(Sc2ccc(CO)s2)cc1. The van der Waals surface area contributed by atoms with Crippen molar-refractivity contribution in [2.45, 2.75) is 41.9 Å². The van der Waals surface area contributed by atoms with E-state index in [-0.39, 0.29) is 12.0 Å². The van der Waals surface area contributed by atoms with Crippen LogP contribution in [0.25, 0.3) is 0 Å². The molecule has 0 atom stereocenters. The third kappa shape index (κ3) is 3.37. The lowest BCUT2D eigenvalue weighted by Gasteiger charge is -2.18. The van der Waals surface area contributed by atoms with Crippen molar-refractivity contribution in [2.75, 3.05) is 0 Å². The van der Waals surface area contributed by atoms with Crippen molar-refractivity contribution in [1.29, 1.82) is 0 Å². The largest absolute Gasteiger partial charge is 0.391 e. The molecule has 0 aliphatic rings. The van der Waals surface area contributed by atoms with E-state index in [4.69, 9.17) is 5.11 Å². The molecule has 1 nitrogen and oxygen atoms in total. The summed E-state index contributed by atoms with van der Waals surface area (Å²) in [6.07, 6.45) is 0. The number of aliphatic hydroxyl groups is 1. The zero-order valence-corrected chi connectivity index (χ0v) is 12.6. The molecule has 1 N–H and O–H groups in total. The molecule has 1 aromatic heterocycles. The van der Waals surface area contributed by atoms with Gasteiger partial charge in [-0.3, -0.25) is 0 Å². The molecule has 96 valence electrons. The number of benzene rings is 1. The van der Waals surface area contributed by atoms with Gasteiger partial charge in [-0.15, -0.1) is 11.3 Å². The van der Waals surface area contributed by atoms with Crippen LogP contribution in [0.1, 0.15) is 31.2 Å². The first-order chi connectivity index (χ1) is 8.49. The Bertz CT molecular complexity index is 506. The predicted molar refractivity (Wildman–Crippen MR) is 79.5 cm³/mol. The lowest BCUT2D eigenvalue weighted by Crippen LogP contribution is -2.10. The third-order valence-corrected chi connectivity index (χ3v) is 4.94. The lowest BCUT2D eigenvalue weighted by atomic mass is 9.87. The Kier molecular flexibility index (Phi) is 4.15. The Morgan fingerprint density at radius 3 is 2.22 bits per heavy atom. The fourth-order valence-electron chi connectivity index (χ4n) is 1.64. The lowest BCUT2D eigenvalue weighted by molar-refractivity contribution is 0.285. The van der Waals surface area contributed by atoms with E-state index in [2.05, 4.69) is 51.1 Å². The molecule has 18 heavy (non-hydrogen) atoms. The van der Waals surface area contributed by atoms with Crippen molar-refractivity contribution in [3.05, 3.63) is 46.8 Å². The number of hydrogen-bond donors (Lipinski definition) is 1. The Hall–Kier alpha value is -0.770. The molecule has 0 unspecified atom stereocenters. The van der Waals surface area contributed by atoms with E-state index in [1.807, 2.05) is 6.07 Å². The zero-order valence-electron chi connectivity index (χ0n) is 10.9. The van der Waals surface area contributed by atoms with Gasteiger partial charge in [-0.2, -0.15) is 0 Å². The molecule has 0 saturated heterocycles. The maximum absolute atomic E-state index is 9.04. The normalized spacial score (nSPS) is 11.8. The molecule has 0 fully saturated rings. The van der Waals surface area contributed by atoms with Crippen LogP contribution in [0, 0.1) is 0 Å². The monoisotopic (exact) mass is 278 g/mol. The summed E-state index contributed by atoms with van der Waals surface area (Å²) in [5.41, 5.74) is 1.56. The summed E-state index contributed by atoms with van der Waals surface area (Å²) >= 11 is 3.40. The molecule has 1 aromatic carbocycles. The number of thiophene rings is 1. The van der Waals surface area contributed by atoms with Crippen LogP contribution in [0.3, 0.4) is 0 Å². The molecule has 0 radical (unpaired) electrons. The first-order valence-electron chi connectivity index (χ1n) is 5.97. The molecule has 0 aliphatic heterocycles. The highest BCUT2D eigenvalue weighted by Gasteiger charge is 2.13. The summed E-state index contributed by atoms with van der Waals surface area (Å²) in [6.45, 7) is 6.81. The molecular formula is C15H18OS2. The van der Waals surface area contributed by atoms with Crippen LogP contribution in [0.5, 0.6) is 0 Å². The van der Waals surface area contributed by atoms with Gasteiger partial charge in [0.25, 0.3) is 0 Å². The predicted octanol–water partition coefficient (Wildman–Crippen LogP) is 4.69. The van der Waals surface area contributed by atoms with Crippen LogP contribution in [0.15, 0.2) is 45.5 Å². The van der Waals surface area contributed by atoms with Gasteiger partial charge < -0.3 is 5.11 Å². The highest BCUT2D eigenvalue weighted by atomic mass is 32.2. The molecule has 0 amide bonds. The standard InChI is InChI=1S/C15H18OS2/c1-15(2,3)11-4-6-12(7-5-11)17-14-9-8-13(10-16)18-14/h4-9,16H,10H2,1-3H3. The van der Waals surface area contributed by atoms with Crippen molar-refractivity contribution < 1.29 is 5.11 Å². The van der Waals surface area contributed by atoms with Gasteiger partial charge in [0.2, 0.25) is 0 Å². The van der Waals surface area contributed by atoms with Crippen LogP contribution < -0.4 is 0 Å². The zero-order chi connectivity index (χ0) is 13.2. The number of hydrogen-bond acceptors (Lipinski definition) is 3. The minimum absolute atomic E-state index is 0.133. The molecular weight excluding hydrogens is 260 g/mol. The van der Waals surface area contributed by atoms with Gasteiger partial charge in [-0.05, 0) is 35.2 Å². The summed E-state index contributed by atoms with van der Waals surface area (Å²) < 4.78 is 1.22. The van der Waals surface area contributed by atoms with Gasteiger partial charge in [0.05, 0.1) is 10.8 Å². The number of rotatable bonds is 3. The highest BCUT2D eigenvalue weighted by molar-refractivity contribution is 8.01. The van der Waals surface area contributed by atoms with E-state index in [9.17, 15) is 0 Å². The van der Waals surface area contributed by atoms with Gasteiger partial charge in [-0.25, -0.2) is 0 Å². The molecule has 1 heterocycles. The van der Waals surface area contributed by atoms with Gasteiger partial charge in [-0.1, -0.05) is 44.7 Å². The number of aliphatic hydroxyl groups excluding tert-OH is 1. The molecule has 2 rings (SSSR count).